The molecule has 0 aromatic carbocycles. The molecule has 38 heavy (non-hydrogen) atoms. The van der Waals surface area contributed by atoms with Crippen molar-refractivity contribution in [1.82, 2.24) is 23.6 Å². The number of ether oxygens (including phenoxy) is 1. The van der Waals surface area contributed by atoms with Crippen molar-refractivity contribution in [2.45, 2.75) is 90.9 Å². The van der Waals surface area contributed by atoms with Crippen LogP contribution in [0.15, 0.2) is 15.8 Å². The van der Waals surface area contributed by atoms with Gasteiger partial charge in [0, 0.05) is 35.4 Å². The number of nitrogens with one attached hydrogen (secondary N) is 1. The van der Waals surface area contributed by atoms with Crippen LogP contribution in [-0.4, -0.2) is 73.1 Å². The number of H-pyrrole nitrogens is 1. The molecule has 4 rings (SSSR count). The maximum atomic E-state index is 13.0. The van der Waals surface area contributed by atoms with Gasteiger partial charge in [0.05, 0.1) is 6.54 Å². The summed E-state index contributed by atoms with van der Waals surface area (Å²) in [4.78, 5) is 37.7. The smallest absolute Gasteiger partial charge is 0.330 e. The van der Waals surface area contributed by atoms with Crippen LogP contribution in [0.3, 0.4) is 0 Å². The number of hydrogen-bond acceptors (Lipinski definition) is 10. The number of nitrogens with zero attached hydrogens (tertiary/aromatic N) is 6. The highest BCUT2D eigenvalue weighted by atomic mass is 32.1. The van der Waals surface area contributed by atoms with Crippen molar-refractivity contribution < 1.29 is 13.8 Å². The molecule has 1 unspecified atom stereocenters. The molecular weight excluding hydrogens is 529 g/mol. The second-order valence-corrected chi connectivity index (χ2v) is 12.3. The summed E-state index contributed by atoms with van der Waals surface area (Å²) < 4.78 is 27.8. The van der Waals surface area contributed by atoms with E-state index in [0.717, 1.165) is 5.13 Å². The summed E-state index contributed by atoms with van der Waals surface area (Å²) in [6, 6.07) is -0.163. The number of rotatable bonds is 11. The van der Waals surface area contributed by atoms with Crippen LogP contribution in [0.5, 0.6) is 0 Å². The molecule has 0 radical (unpaired) electrons. The lowest BCUT2D eigenvalue weighted by molar-refractivity contribution is -0.104. The summed E-state index contributed by atoms with van der Waals surface area (Å²) >= 11 is 1.30. The Labute approximate surface area is 227 Å². The van der Waals surface area contributed by atoms with Crippen molar-refractivity contribution in [3.63, 3.8) is 0 Å². The predicted molar refractivity (Wildman–Crippen MR) is 146 cm³/mol. The van der Waals surface area contributed by atoms with Crippen molar-refractivity contribution in [1.29, 1.82) is 0 Å². The average Bonchev–Trinajstić information content (AvgIpc) is 3.51. The van der Waals surface area contributed by atoms with E-state index in [4.69, 9.17) is 20.4 Å². The van der Waals surface area contributed by atoms with E-state index in [1.165, 1.54) is 16.1 Å². The van der Waals surface area contributed by atoms with E-state index in [1.54, 1.807) is 13.1 Å². The fourth-order valence-electron chi connectivity index (χ4n) is 5.21. The molecule has 2 bridgehead atoms. The van der Waals surface area contributed by atoms with Crippen LogP contribution in [0, 0.1) is 20.4 Å². The Hall–Kier alpha value is -2.20. The number of anilines is 1. The summed E-state index contributed by atoms with van der Waals surface area (Å²) in [6.45, 7) is 22.1. The van der Waals surface area contributed by atoms with E-state index in [-0.39, 0.29) is 25.2 Å². The molecule has 5 atom stereocenters. The molecule has 2 aromatic heterocycles. The molecule has 2 aliphatic rings. The number of morpholine rings is 1. The lowest BCUT2D eigenvalue weighted by Crippen LogP contribution is -2.48. The molecule has 2 saturated heterocycles. The number of fused-ring (bicyclic) bond motifs is 2. The largest absolute Gasteiger partial charge is 0.344 e. The second-order valence-electron chi connectivity index (χ2n) is 10.2. The van der Waals surface area contributed by atoms with Gasteiger partial charge >= 0.3 is 5.69 Å². The fraction of sp³-hybridized carbons (Fsp3) is 0.708. The van der Waals surface area contributed by atoms with Gasteiger partial charge in [0.15, 0.2) is 6.23 Å². The standard InChI is InChI=1S/C24H36N7O5PS/c1-9-24-13-30(23-26-17(7)28-38-23)18(21(35-24)29-12-16(6)20(32)27-22(29)33)19(24)36-37(34-11-10-25-8)31(14(2)3)15(4)5/h12,14-15,18-19,21H,9-11,13H2,1-7H3,(H,27,32,33)/t18-,19+,21-,24+,37?/m1/s1. The van der Waals surface area contributed by atoms with E-state index in [2.05, 4.69) is 56.5 Å². The fourth-order valence-corrected chi connectivity index (χ4v) is 7.74. The van der Waals surface area contributed by atoms with Gasteiger partial charge in [-0.25, -0.2) is 21.0 Å². The lowest BCUT2D eigenvalue weighted by atomic mass is 9.96. The minimum absolute atomic E-state index is 0.133. The Morgan fingerprint density at radius 3 is 2.63 bits per heavy atom. The normalized spacial score (nSPS) is 25.6. The van der Waals surface area contributed by atoms with Crippen LogP contribution < -0.4 is 16.1 Å². The third kappa shape index (κ3) is 5.30. The van der Waals surface area contributed by atoms with Crippen molar-refractivity contribution in [3.8, 4) is 0 Å². The molecule has 0 amide bonds. The van der Waals surface area contributed by atoms with Gasteiger partial charge in [0.2, 0.25) is 11.7 Å². The Morgan fingerprint density at radius 2 is 2.05 bits per heavy atom. The van der Waals surface area contributed by atoms with E-state index in [0.29, 0.717) is 24.4 Å². The van der Waals surface area contributed by atoms with Crippen LogP contribution in [0.4, 0.5) is 5.13 Å². The van der Waals surface area contributed by atoms with Gasteiger partial charge in [-0.15, -0.1) is 0 Å². The number of aromatic amines is 1. The molecule has 0 spiro atoms. The molecular formula is C24H36N7O5PS. The predicted octanol–water partition coefficient (Wildman–Crippen LogP) is 3.24. The SMILES string of the molecule is [C-]#[N+]CCOP(O[C@H]1[C@@H]2[C@H](n3cc(C)c(=O)[nH]c3=O)O[C@@]1(CC)CN2c1nc(C)ns1)N(C(C)C)C(C)C. The highest BCUT2D eigenvalue weighted by Gasteiger charge is 2.66. The quantitative estimate of drug-likeness (QED) is 0.249. The second kappa shape index (κ2) is 11.5. The minimum Gasteiger partial charge on any atom is -0.344 e. The minimum atomic E-state index is -1.56. The molecule has 14 heteroatoms. The molecule has 208 valence electrons. The summed E-state index contributed by atoms with van der Waals surface area (Å²) in [5.41, 5.74) is -1.32. The first-order valence-corrected chi connectivity index (χ1v) is 14.7. The summed E-state index contributed by atoms with van der Waals surface area (Å²) in [5.74, 6) is 0.667. The maximum absolute atomic E-state index is 13.0. The van der Waals surface area contributed by atoms with Gasteiger partial charge in [0.25, 0.3) is 14.1 Å². The van der Waals surface area contributed by atoms with Gasteiger partial charge in [-0.05, 0) is 48.0 Å². The van der Waals surface area contributed by atoms with Crippen molar-refractivity contribution in [2.75, 3.05) is 24.6 Å². The Balaban J connectivity index is 1.80. The summed E-state index contributed by atoms with van der Waals surface area (Å²) in [5, 5.41) is 0.724. The van der Waals surface area contributed by atoms with Gasteiger partial charge in [-0.2, -0.15) is 4.37 Å². The monoisotopic (exact) mass is 565 g/mol. The molecule has 2 fully saturated rings. The van der Waals surface area contributed by atoms with E-state index in [1.807, 2.05) is 13.8 Å². The van der Waals surface area contributed by atoms with E-state index >= 15 is 0 Å². The first kappa shape index (κ1) is 28.8. The van der Waals surface area contributed by atoms with Crippen LogP contribution in [-0.2, 0) is 13.8 Å². The number of hydrogen-bond donors (Lipinski definition) is 1. The van der Waals surface area contributed by atoms with E-state index in [9.17, 15) is 9.59 Å². The molecule has 0 saturated carbocycles. The summed E-state index contributed by atoms with van der Waals surface area (Å²) in [6.07, 6.45) is 0.956. The van der Waals surface area contributed by atoms with Gasteiger partial charge < -0.3 is 23.5 Å². The first-order chi connectivity index (χ1) is 18.0. The van der Waals surface area contributed by atoms with Gasteiger partial charge in [-0.3, -0.25) is 14.3 Å². The van der Waals surface area contributed by atoms with Crippen LogP contribution in [0.2, 0.25) is 0 Å². The Morgan fingerprint density at radius 1 is 1.34 bits per heavy atom. The number of aromatic nitrogens is 4. The van der Waals surface area contributed by atoms with Crippen LogP contribution in [0.1, 0.15) is 58.7 Å². The molecule has 4 heterocycles. The highest BCUT2D eigenvalue weighted by molar-refractivity contribution is 7.44. The Bertz CT molecular complexity index is 1280. The maximum Gasteiger partial charge on any atom is 0.330 e. The molecule has 0 aliphatic carbocycles. The van der Waals surface area contributed by atoms with E-state index < -0.39 is 43.7 Å². The summed E-state index contributed by atoms with van der Waals surface area (Å²) in [7, 11) is -1.56. The van der Waals surface area contributed by atoms with Crippen LogP contribution >= 0.6 is 20.1 Å². The number of aryl methyl sites for hydroxylation is 2. The van der Waals surface area contributed by atoms with Gasteiger partial charge in [-0.1, -0.05) is 6.92 Å². The first-order valence-electron chi connectivity index (χ1n) is 12.8. The van der Waals surface area contributed by atoms with Gasteiger partial charge in [0.1, 0.15) is 30.2 Å². The highest BCUT2D eigenvalue weighted by Crippen LogP contribution is 2.57. The third-order valence-electron chi connectivity index (χ3n) is 6.91. The molecule has 1 N–H and O–H groups in total. The van der Waals surface area contributed by atoms with Crippen LogP contribution in [0.25, 0.3) is 4.85 Å². The van der Waals surface area contributed by atoms with Crippen molar-refractivity contribution in [3.05, 3.63) is 49.8 Å². The third-order valence-corrected chi connectivity index (χ3v) is 9.87. The molecule has 2 aliphatic heterocycles. The average molecular weight is 566 g/mol. The topological polar surface area (TPSA) is 119 Å². The lowest BCUT2D eigenvalue weighted by Gasteiger charge is -2.38. The zero-order valence-corrected chi connectivity index (χ0v) is 24.6. The zero-order valence-electron chi connectivity index (χ0n) is 22.9. The van der Waals surface area contributed by atoms with Crippen molar-refractivity contribution in [2.24, 2.45) is 0 Å². The molecule has 12 nitrogen and oxygen atoms in total. The Kier molecular flexibility index (Phi) is 8.71. The molecule has 2 aromatic rings. The zero-order chi connectivity index (χ0) is 27.8. The van der Waals surface area contributed by atoms with Crippen molar-refractivity contribution >= 4 is 25.2 Å².